The summed E-state index contributed by atoms with van der Waals surface area (Å²) in [5, 5.41) is 0.935. The molecule has 0 spiro atoms. The minimum atomic E-state index is 0.402. The van der Waals surface area contributed by atoms with Crippen molar-refractivity contribution >= 4 is 22.4 Å². The fourth-order valence-corrected chi connectivity index (χ4v) is 3.38. The van der Waals surface area contributed by atoms with Gasteiger partial charge in [0.05, 0.1) is 17.8 Å². The highest BCUT2D eigenvalue weighted by molar-refractivity contribution is 7.11. The van der Waals surface area contributed by atoms with Gasteiger partial charge in [0.2, 0.25) is 5.88 Å². The highest BCUT2D eigenvalue weighted by atomic mass is 32.1. The highest BCUT2D eigenvalue weighted by Crippen LogP contribution is 2.25. The number of rotatable bonds is 5. The Bertz CT molecular complexity index is 1010. The Morgan fingerprint density at radius 2 is 2.04 bits per heavy atom. The maximum atomic E-state index is 5.99. The lowest BCUT2D eigenvalue weighted by Crippen LogP contribution is -2.05. The average molecular weight is 351 g/mol. The van der Waals surface area contributed by atoms with Gasteiger partial charge in [0, 0.05) is 23.5 Å². The largest absolute Gasteiger partial charge is 0.469 e. The van der Waals surface area contributed by atoms with Gasteiger partial charge < -0.3 is 9.30 Å². The normalized spacial score (nSPS) is 11.1. The number of aromatic nitrogens is 5. The van der Waals surface area contributed by atoms with Gasteiger partial charge in [-0.3, -0.25) is 4.98 Å². The Balaban J connectivity index is 1.68. The van der Waals surface area contributed by atoms with Gasteiger partial charge in [-0.2, -0.15) is 4.98 Å². The number of hydrogen-bond acceptors (Lipinski definition) is 6. The number of pyridine rings is 1. The van der Waals surface area contributed by atoms with Crippen LogP contribution < -0.4 is 4.74 Å². The predicted octanol–water partition coefficient (Wildman–Crippen LogP) is 3.53. The molecule has 4 rings (SSSR count). The third-order valence-electron chi connectivity index (χ3n) is 3.75. The van der Waals surface area contributed by atoms with Crippen LogP contribution in [0.2, 0.25) is 0 Å². The summed E-state index contributed by atoms with van der Waals surface area (Å²) in [4.78, 5) is 18.9. The number of thiazole rings is 1. The summed E-state index contributed by atoms with van der Waals surface area (Å²) in [7, 11) is 0. The molecule has 0 aliphatic heterocycles. The van der Waals surface area contributed by atoms with Crippen molar-refractivity contribution in [2.45, 2.75) is 27.0 Å². The Morgan fingerprint density at radius 3 is 2.80 bits per heavy atom. The van der Waals surface area contributed by atoms with E-state index in [0.29, 0.717) is 24.9 Å². The first-order valence-electron chi connectivity index (χ1n) is 7.96. The molecule has 6 nitrogen and oxygen atoms in total. The molecule has 0 N–H and O–H groups in total. The van der Waals surface area contributed by atoms with Crippen LogP contribution in [-0.4, -0.2) is 24.5 Å². The molecule has 0 aliphatic rings. The molecular weight excluding hydrogens is 334 g/mol. The third kappa shape index (κ3) is 3.36. The third-order valence-corrected chi connectivity index (χ3v) is 4.64. The van der Waals surface area contributed by atoms with Crippen LogP contribution in [-0.2, 0) is 13.2 Å². The fourth-order valence-electron chi connectivity index (χ4n) is 2.68. The van der Waals surface area contributed by atoms with Crippen LogP contribution in [0.3, 0.4) is 0 Å². The summed E-state index contributed by atoms with van der Waals surface area (Å²) in [6.07, 6.45) is 5.64. The molecule has 0 unspecified atom stereocenters. The van der Waals surface area contributed by atoms with Gasteiger partial charge in [0.1, 0.15) is 23.0 Å². The molecule has 25 heavy (non-hydrogen) atoms. The van der Waals surface area contributed by atoms with Crippen LogP contribution in [0, 0.1) is 13.8 Å². The number of fused-ring (bicyclic) bond motifs is 1. The molecule has 0 saturated heterocycles. The molecule has 0 amide bonds. The molecule has 7 heteroatoms. The van der Waals surface area contributed by atoms with Gasteiger partial charge in [0.25, 0.3) is 0 Å². The van der Waals surface area contributed by atoms with Crippen molar-refractivity contribution in [2.24, 2.45) is 0 Å². The van der Waals surface area contributed by atoms with Gasteiger partial charge in [-0.1, -0.05) is 6.07 Å². The fraction of sp³-hybridized carbons (Fsp3) is 0.222. The first kappa shape index (κ1) is 15.7. The molecule has 0 aliphatic carbocycles. The first-order chi connectivity index (χ1) is 12.2. The number of ether oxygens (including phenoxy) is 1. The molecule has 0 saturated carbocycles. The second-order valence-corrected chi connectivity index (χ2v) is 7.05. The molecule has 0 fully saturated rings. The standard InChI is InChI=1S/C18H17N5OS/c1-12-9-20-16(25-12)11-24-18-17-15(21-13(2)22-18)6-8-23(17)10-14-5-3-4-7-19-14/h3-9H,10-11H2,1-2H3. The van der Waals surface area contributed by atoms with Crippen LogP contribution in [0.1, 0.15) is 21.4 Å². The Morgan fingerprint density at radius 1 is 1.12 bits per heavy atom. The van der Waals surface area contributed by atoms with Gasteiger partial charge in [-0.15, -0.1) is 11.3 Å². The summed E-state index contributed by atoms with van der Waals surface area (Å²) in [5.41, 5.74) is 2.72. The van der Waals surface area contributed by atoms with Crippen molar-refractivity contribution in [2.75, 3.05) is 0 Å². The zero-order valence-corrected chi connectivity index (χ0v) is 14.8. The quantitative estimate of drug-likeness (QED) is 0.550. The maximum absolute atomic E-state index is 5.99. The Labute approximate surface area is 149 Å². The summed E-state index contributed by atoms with van der Waals surface area (Å²) < 4.78 is 8.06. The molecule has 4 heterocycles. The van der Waals surface area contributed by atoms with Crippen molar-refractivity contribution in [1.29, 1.82) is 0 Å². The minimum absolute atomic E-state index is 0.402. The SMILES string of the molecule is Cc1nc(OCc2ncc(C)s2)c2c(ccn2Cc2ccccn2)n1. The van der Waals surface area contributed by atoms with E-state index in [1.165, 1.54) is 4.88 Å². The lowest BCUT2D eigenvalue weighted by atomic mass is 10.3. The molecule has 4 aromatic heterocycles. The zero-order chi connectivity index (χ0) is 17.2. The predicted molar refractivity (Wildman–Crippen MR) is 96.8 cm³/mol. The number of hydrogen-bond donors (Lipinski definition) is 0. The van der Waals surface area contributed by atoms with Gasteiger partial charge in [-0.25, -0.2) is 9.97 Å². The molecule has 0 radical (unpaired) electrons. The second kappa shape index (κ2) is 6.60. The van der Waals surface area contributed by atoms with Gasteiger partial charge >= 0.3 is 0 Å². The summed E-state index contributed by atoms with van der Waals surface area (Å²) in [6.45, 7) is 4.95. The highest BCUT2D eigenvalue weighted by Gasteiger charge is 2.14. The smallest absolute Gasteiger partial charge is 0.242 e. The van der Waals surface area contributed by atoms with E-state index in [0.717, 1.165) is 21.7 Å². The monoisotopic (exact) mass is 351 g/mol. The zero-order valence-electron chi connectivity index (χ0n) is 14.0. The van der Waals surface area contributed by atoms with Gasteiger partial charge in [0.15, 0.2) is 0 Å². The molecule has 0 atom stereocenters. The molecule has 0 bridgehead atoms. The molecule has 0 aromatic carbocycles. The number of aryl methyl sites for hydroxylation is 2. The van der Waals surface area contributed by atoms with Crippen molar-refractivity contribution in [3.8, 4) is 5.88 Å². The second-order valence-electron chi connectivity index (χ2n) is 5.73. The molecule has 126 valence electrons. The first-order valence-corrected chi connectivity index (χ1v) is 8.78. The van der Waals surface area contributed by atoms with Crippen LogP contribution in [0.25, 0.3) is 11.0 Å². The van der Waals surface area contributed by atoms with Gasteiger partial charge in [-0.05, 0) is 32.0 Å². The Kier molecular flexibility index (Phi) is 4.15. The van der Waals surface area contributed by atoms with E-state index < -0.39 is 0 Å². The lowest BCUT2D eigenvalue weighted by Gasteiger charge is -2.10. The van der Waals surface area contributed by atoms with E-state index in [4.69, 9.17) is 4.74 Å². The van der Waals surface area contributed by atoms with Crippen molar-refractivity contribution in [3.63, 3.8) is 0 Å². The lowest BCUT2D eigenvalue weighted by molar-refractivity contribution is 0.295. The van der Waals surface area contributed by atoms with Crippen LogP contribution in [0.4, 0.5) is 0 Å². The topological polar surface area (TPSA) is 65.7 Å². The van der Waals surface area contributed by atoms with E-state index in [1.54, 1.807) is 17.5 Å². The van der Waals surface area contributed by atoms with Crippen LogP contribution >= 0.6 is 11.3 Å². The van der Waals surface area contributed by atoms with Crippen molar-refractivity contribution in [1.82, 2.24) is 24.5 Å². The van der Waals surface area contributed by atoms with E-state index in [1.807, 2.05) is 50.5 Å². The molecular formula is C18H17N5OS. The Hall–Kier alpha value is -2.80. The van der Waals surface area contributed by atoms with Crippen LogP contribution in [0.15, 0.2) is 42.9 Å². The van der Waals surface area contributed by atoms with Crippen molar-refractivity contribution in [3.05, 3.63) is 64.3 Å². The summed E-state index contributed by atoms with van der Waals surface area (Å²) in [5.74, 6) is 1.27. The van der Waals surface area contributed by atoms with Crippen LogP contribution in [0.5, 0.6) is 5.88 Å². The van der Waals surface area contributed by atoms with E-state index >= 15 is 0 Å². The summed E-state index contributed by atoms with van der Waals surface area (Å²) >= 11 is 1.63. The van der Waals surface area contributed by atoms with E-state index in [-0.39, 0.29) is 0 Å². The number of nitrogens with zero attached hydrogens (tertiary/aromatic N) is 5. The summed E-state index contributed by atoms with van der Waals surface area (Å²) in [6, 6.07) is 7.87. The average Bonchev–Trinajstić information content (AvgIpc) is 3.20. The van der Waals surface area contributed by atoms with E-state index in [9.17, 15) is 0 Å². The minimum Gasteiger partial charge on any atom is -0.469 e. The van der Waals surface area contributed by atoms with Crippen molar-refractivity contribution < 1.29 is 4.74 Å². The maximum Gasteiger partial charge on any atom is 0.242 e. The molecule has 4 aromatic rings. The van der Waals surface area contributed by atoms with E-state index in [2.05, 4.69) is 24.5 Å².